The number of aliphatic hydroxyl groups is 1. The third kappa shape index (κ3) is 3.08. The molecule has 0 spiro atoms. The van der Waals surface area contributed by atoms with E-state index in [1.807, 2.05) is 13.8 Å². The number of hydrogen-bond donors (Lipinski definition) is 1. The third-order valence-electron chi connectivity index (χ3n) is 4.71. The zero-order valence-corrected chi connectivity index (χ0v) is 13.7. The average Bonchev–Trinajstić information content (AvgIpc) is 2.42. The van der Waals surface area contributed by atoms with E-state index in [0.29, 0.717) is 0 Å². The van der Waals surface area contributed by atoms with E-state index in [9.17, 15) is 5.11 Å². The summed E-state index contributed by atoms with van der Waals surface area (Å²) in [6.45, 7) is 7.96. The van der Waals surface area contributed by atoms with E-state index in [1.54, 1.807) is 0 Å². The molecule has 2 aromatic carbocycles. The Labute approximate surface area is 133 Å². The van der Waals surface area contributed by atoms with Crippen molar-refractivity contribution >= 4 is 0 Å². The van der Waals surface area contributed by atoms with Crippen molar-refractivity contribution in [3.05, 3.63) is 59.7 Å². The van der Waals surface area contributed by atoms with Gasteiger partial charge in [0.15, 0.2) is 0 Å². The van der Waals surface area contributed by atoms with Gasteiger partial charge in [0, 0.05) is 19.1 Å². The molecule has 1 saturated heterocycles. The van der Waals surface area contributed by atoms with Gasteiger partial charge in [-0.05, 0) is 55.5 Å². The standard InChI is InChI=1S/C20H25NO/c1-15-7-4-5-10-18(15)17-9-6-8-16(13-17)14-21-12-11-19(21)20(2,3)22/h4-10,13,19,22H,11-12,14H2,1-3H3. The maximum absolute atomic E-state index is 10.2. The Morgan fingerprint density at radius 3 is 2.55 bits per heavy atom. The molecule has 3 rings (SSSR count). The third-order valence-corrected chi connectivity index (χ3v) is 4.71. The number of nitrogens with zero attached hydrogens (tertiary/aromatic N) is 1. The smallest absolute Gasteiger partial charge is 0.0746 e. The van der Waals surface area contributed by atoms with Crippen LogP contribution in [0.2, 0.25) is 0 Å². The van der Waals surface area contributed by atoms with Crippen LogP contribution in [0.3, 0.4) is 0 Å². The lowest BCUT2D eigenvalue weighted by atomic mass is 9.87. The molecule has 22 heavy (non-hydrogen) atoms. The Hall–Kier alpha value is -1.64. The zero-order chi connectivity index (χ0) is 15.7. The molecule has 1 aliphatic heterocycles. The summed E-state index contributed by atoms with van der Waals surface area (Å²) >= 11 is 0. The first-order chi connectivity index (χ1) is 10.4. The van der Waals surface area contributed by atoms with Crippen molar-refractivity contribution < 1.29 is 5.11 Å². The van der Waals surface area contributed by atoms with Gasteiger partial charge in [0.25, 0.3) is 0 Å². The van der Waals surface area contributed by atoms with Crippen LogP contribution in [0.1, 0.15) is 31.4 Å². The molecule has 0 aliphatic carbocycles. The highest BCUT2D eigenvalue weighted by atomic mass is 16.3. The molecule has 2 nitrogen and oxygen atoms in total. The van der Waals surface area contributed by atoms with Gasteiger partial charge in [0.05, 0.1) is 5.60 Å². The molecular formula is C20H25NO. The van der Waals surface area contributed by atoms with Crippen molar-refractivity contribution in [1.29, 1.82) is 0 Å². The first-order valence-corrected chi connectivity index (χ1v) is 8.06. The van der Waals surface area contributed by atoms with Gasteiger partial charge in [-0.15, -0.1) is 0 Å². The van der Waals surface area contributed by atoms with Crippen molar-refractivity contribution in [2.75, 3.05) is 6.54 Å². The van der Waals surface area contributed by atoms with Crippen LogP contribution in [0.25, 0.3) is 11.1 Å². The summed E-state index contributed by atoms with van der Waals surface area (Å²) in [7, 11) is 0. The van der Waals surface area contributed by atoms with E-state index in [-0.39, 0.29) is 6.04 Å². The minimum atomic E-state index is -0.619. The molecule has 1 unspecified atom stereocenters. The van der Waals surface area contributed by atoms with E-state index in [2.05, 4.69) is 60.4 Å². The predicted octanol–water partition coefficient (Wildman–Crippen LogP) is 4.01. The predicted molar refractivity (Wildman–Crippen MR) is 91.7 cm³/mol. The molecule has 0 amide bonds. The number of benzene rings is 2. The van der Waals surface area contributed by atoms with Crippen molar-refractivity contribution in [3.63, 3.8) is 0 Å². The molecule has 0 radical (unpaired) electrons. The molecule has 1 atom stereocenters. The van der Waals surface area contributed by atoms with Crippen LogP contribution in [0, 0.1) is 6.92 Å². The minimum absolute atomic E-state index is 0.273. The largest absolute Gasteiger partial charge is 0.389 e. The molecule has 1 aliphatic rings. The van der Waals surface area contributed by atoms with Crippen molar-refractivity contribution in [3.8, 4) is 11.1 Å². The molecule has 1 fully saturated rings. The minimum Gasteiger partial charge on any atom is -0.389 e. The zero-order valence-electron chi connectivity index (χ0n) is 13.7. The molecule has 2 heteroatoms. The fraction of sp³-hybridized carbons (Fsp3) is 0.400. The maximum atomic E-state index is 10.2. The quantitative estimate of drug-likeness (QED) is 0.921. The van der Waals surface area contributed by atoms with Gasteiger partial charge in [0.1, 0.15) is 0 Å². The fourth-order valence-electron chi connectivity index (χ4n) is 3.40. The highest BCUT2D eigenvalue weighted by Gasteiger charge is 2.38. The van der Waals surface area contributed by atoms with E-state index < -0.39 is 5.60 Å². The summed E-state index contributed by atoms with van der Waals surface area (Å²) in [5.74, 6) is 0. The van der Waals surface area contributed by atoms with Crippen LogP contribution >= 0.6 is 0 Å². The Balaban J connectivity index is 1.79. The molecule has 116 valence electrons. The Bertz CT molecular complexity index is 657. The molecule has 1 N–H and O–H groups in total. The molecule has 0 aromatic heterocycles. The lowest BCUT2D eigenvalue weighted by molar-refractivity contribution is -0.0738. The van der Waals surface area contributed by atoms with Crippen LogP contribution in [0.4, 0.5) is 0 Å². The van der Waals surface area contributed by atoms with Crippen LogP contribution in [0.5, 0.6) is 0 Å². The van der Waals surface area contributed by atoms with Crippen LogP contribution in [0.15, 0.2) is 48.5 Å². The topological polar surface area (TPSA) is 23.5 Å². The second-order valence-electron chi connectivity index (χ2n) is 6.94. The second kappa shape index (κ2) is 5.86. The molecule has 0 bridgehead atoms. The van der Waals surface area contributed by atoms with Gasteiger partial charge >= 0.3 is 0 Å². The molecular weight excluding hydrogens is 270 g/mol. The maximum Gasteiger partial charge on any atom is 0.0746 e. The van der Waals surface area contributed by atoms with Gasteiger partial charge < -0.3 is 5.11 Å². The van der Waals surface area contributed by atoms with Crippen molar-refractivity contribution in [1.82, 2.24) is 4.90 Å². The summed E-state index contributed by atoms with van der Waals surface area (Å²) in [6, 6.07) is 17.6. The lowest BCUT2D eigenvalue weighted by Crippen LogP contribution is -2.57. The summed E-state index contributed by atoms with van der Waals surface area (Å²) in [5, 5.41) is 10.2. The summed E-state index contributed by atoms with van der Waals surface area (Å²) in [4.78, 5) is 2.37. The van der Waals surface area contributed by atoms with Gasteiger partial charge in [-0.3, -0.25) is 4.90 Å². The SMILES string of the molecule is Cc1ccccc1-c1cccc(CN2CCC2C(C)(C)O)c1. The van der Waals surface area contributed by atoms with Crippen molar-refractivity contribution in [2.45, 2.75) is 45.4 Å². The van der Waals surface area contributed by atoms with Crippen LogP contribution in [-0.4, -0.2) is 28.2 Å². The Morgan fingerprint density at radius 2 is 1.91 bits per heavy atom. The highest BCUT2D eigenvalue weighted by molar-refractivity contribution is 5.67. The van der Waals surface area contributed by atoms with Crippen molar-refractivity contribution in [2.24, 2.45) is 0 Å². The fourth-order valence-corrected chi connectivity index (χ4v) is 3.40. The Morgan fingerprint density at radius 1 is 1.14 bits per heavy atom. The van der Waals surface area contributed by atoms with Crippen LogP contribution < -0.4 is 0 Å². The summed E-state index contributed by atoms with van der Waals surface area (Å²) < 4.78 is 0. The highest BCUT2D eigenvalue weighted by Crippen LogP contribution is 2.30. The number of likely N-dealkylation sites (tertiary alicyclic amines) is 1. The molecule has 1 heterocycles. The lowest BCUT2D eigenvalue weighted by Gasteiger charge is -2.47. The average molecular weight is 295 g/mol. The number of aryl methyl sites for hydroxylation is 1. The summed E-state index contributed by atoms with van der Waals surface area (Å²) in [5.41, 5.74) is 4.57. The monoisotopic (exact) mass is 295 g/mol. The van der Waals surface area contributed by atoms with E-state index in [0.717, 1.165) is 19.5 Å². The summed E-state index contributed by atoms with van der Waals surface area (Å²) in [6.07, 6.45) is 1.08. The van der Waals surface area contributed by atoms with E-state index in [4.69, 9.17) is 0 Å². The van der Waals surface area contributed by atoms with E-state index in [1.165, 1.54) is 22.3 Å². The van der Waals surface area contributed by atoms with Gasteiger partial charge in [-0.2, -0.15) is 0 Å². The second-order valence-corrected chi connectivity index (χ2v) is 6.94. The first-order valence-electron chi connectivity index (χ1n) is 8.06. The van der Waals surface area contributed by atoms with E-state index >= 15 is 0 Å². The number of hydrogen-bond acceptors (Lipinski definition) is 2. The van der Waals surface area contributed by atoms with Crippen LogP contribution in [-0.2, 0) is 6.54 Å². The molecule has 2 aromatic rings. The first kappa shape index (κ1) is 15.3. The molecule has 0 saturated carbocycles. The van der Waals surface area contributed by atoms with Gasteiger partial charge in [0.2, 0.25) is 0 Å². The Kier molecular flexibility index (Phi) is 4.07. The normalized spacial score (nSPS) is 19.0. The van der Waals surface area contributed by atoms with Gasteiger partial charge in [-0.1, -0.05) is 42.5 Å². The number of rotatable bonds is 4. The van der Waals surface area contributed by atoms with Gasteiger partial charge in [-0.25, -0.2) is 0 Å².